The number of aryl methyl sites for hydroxylation is 1. The van der Waals surface area contributed by atoms with E-state index in [9.17, 15) is 9.59 Å². The second kappa shape index (κ2) is 6.21. The predicted molar refractivity (Wildman–Crippen MR) is 77.7 cm³/mol. The van der Waals surface area contributed by atoms with Crippen LogP contribution in [0, 0.1) is 0 Å². The van der Waals surface area contributed by atoms with Crippen molar-refractivity contribution in [2.24, 2.45) is 7.05 Å². The highest BCUT2D eigenvalue weighted by Gasteiger charge is 2.10. The lowest BCUT2D eigenvalue weighted by Gasteiger charge is -2.21. The molecule has 19 heavy (non-hydrogen) atoms. The minimum absolute atomic E-state index is 0.0384. The SMILES string of the molecule is C=C(CNC(C)(C)C)CSc1nc(=O)c(=O)[nH]n1C. The van der Waals surface area contributed by atoms with Gasteiger partial charge in [0.25, 0.3) is 0 Å². The summed E-state index contributed by atoms with van der Waals surface area (Å²) in [5.74, 6) is 0.634. The van der Waals surface area contributed by atoms with Crippen LogP contribution in [0.5, 0.6) is 0 Å². The summed E-state index contributed by atoms with van der Waals surface area (Å²) in [6.45, 7) is 10.9. The Bertz CT molecular complexity index is 568. The van der Waals surface area contributed by atoms with Gasteiger partial charge in [0.1, 0.15) is 0 Å². The molecular weight excluding hydrogens is 264 g/mol. The number of hydrogen-bond acceptors (Lipinski definition) is 5. The average molecular weight is 284 g/mol. The quantitative estimate of drug-likeness (QED) is 0.468. The van der Waals surface area contributed by atoms with Crippen LogP contribution in [-0.4, -0.2) is 32.6 Å². The van der Waals surface area contributed by atoms with E-state index in [4.69, 9.17) is 0 Å². The third-order valence-corrected chi connectivity index (χ3v) is 3.40. The van der Waals surface area contributed by atoms with Gasteiger partial charge in [-0.25, -0.2) is 0 Å². The summed E-state index contributed by atoms with van der Waals surface area (Å²) >= 11 is 1.37. The van der Waals surface area contributed by atoms with Crippen molar-refractivity contribution in [3.05, 3.63) is 32.9 Å². The van der Waals surface area contributed by atoms with Gasteiger partial charge in [-0.3, -0.25) is 19.4 Å². The zero-order chi connectivity index (χ0) is 14.6. The number of aromatic nitrogens is 3. The lowest BCUT2D eigenvalue weighted by molar-refractivity contribution is 0.445. The number of hydrogen-bond donors (Lipinski definition) is 2. The van der Waals surface area contributed by atoms with Gasteiger partial charge in [-0.2, -0.15) is 4.98 Å². The van der Waals surface area contributed by atoms with Crippen LogP contribution in [0.3, 0.4) is 0 Å². The summed E-state index contributed by atoms with van der Waals surface area (Å²) < 4.78 is 1.44. The fourth-order valence-corrected chi connectivity index (χ4v) is 2.02. The zero-order valence-electron chi connectivity index (χ0n) is 11.7. The van der Waals surface area contributed by atoms with Crippen molar-refractivity contribution >= 4 is 11.8 Å². The van der Waals surface area contributed by atoms with Crippen molar-refractivity contribution in [2.75, 3.05) is 12.3 Å². The average Bonchev–Trinajstić information content (AvgIpc) is 2.28. The second-order valence-corrected chi connectivity index (χ2v) is 6.28. The van der Waals surface area contributed by atoms with Crippen LogP contribution >= 0.6 is 11.8 Å². The lowest BCUT2D eigenvalue weighted by Crippen LogP contribution is -2.37. The van der Waals surface area contributed by atoms with E-state index in [1.54, 1.807) is 7.05 Å². The summed E-state index contributed by atoms with van der Waals surface area (Å²) in [6.07, 6.45) is 0. The van der Waals surface area contributed by atoms with Crippen LogP contribution in [0.25, 0.3) is 0 Å². The Hall–Kier alpha value is -1.34. The summed E-state index contributed by atoms with van der Waals surface area (Å²) in [7, 11) is 1.65. The summed E-state index contributed by atoms with van der Waals surface area (Å²) in [6, 6.07) is 0. The molecule has 0 aliphatic carbocycles. The molecule has 0 aliphatic rings. The molecule has 1 rings (SSSR count). The monoisotopic (exact) mass is 284 g/mol. The Morgan fingerprint density at radius 3 is 2.68 bits per heavy atom. The molecule has 0 spiro atoms. The van der Waals surface area contributed by atoms with Crippen molar-refractivity contribution < 1.29 is 0 Å². The summed E-state index contributed by atoms with van der Waals surface area (Å²) in [5.41, 5.74) is -0.434. The first kappa shape index (κ1) is 15.7. The smallest absolute Gasteiger partial charge is 0.308 e. The van der Waals surface area contributed by atoms with E-state index in [0.29, 0.717) is 17.5 Å². The maximum absolute atomic E-state index is 11.2. The van der Waals surface area contributed by atoms with Gasteiger partial charge in [-0.05, 0) is 20.8 Å². The first-order valence-electron chi connectivity index (χ1n) is 5.91. The van der Waals surface area contributed by atoms with Gasteiger partial charge in [0, 0.05) is 24.9 Å². The molecule has 0 amide bonds. The van der Waals surface area contributed by atoms with Gasteiger partial charge in [-0.15, -0.1) is 0 Å². The normalized spacial score (nSPS) is 11.6. The molecule has 0 atom stereocenters. The standard InChI is InChI=1S/C12H20N4O2S/c1-8(6-13-12(2,3)4)7-19-11-14-9(17)10(18)15-16(11)5/h13H,1,6-7H2,2-5H3,(H,15,18). The first-order chi connectivity index (χ1) is 8.69. The van der Waals surface area contributed by atoms with Crippen molar-refractivity contribution in [3.63, 3.8) is 0 Å². The van der Waals surface area contributed by atoms with Crippen molar-refractivity contribution in [3.8, 4) is 0 Å². The Balaban J connectivity index is 2.58. The molecule has 0 aliphatic heterocycles. The molecule has 0 radical (unpaired) electrons. The number of nitrogens with one attached hydrogen (secondary N) is 2. The van der Waals surface area contributed by atoms with Gasteiger partial charge in [0.2, 0.25) is 0 Å². The highest BCUT2D eigenvalue weighted by molar-refractivity contribution is 7.99. The number of aromatic amines is 1. The Morgan fingerprint density at radius 2 is 2.11 bits per heavy atom. The molecular formula is C12H20N4O2S. The third kappa shape index (κ3) is 5.44. The van der Waals surface area contributed by atoms with Crippen molar-refractivity contribution in [1.82, 2.24) is 20.1 Å². The minimum Gasteiger partial charge on any atom is -0.308 e. The molecule has 0 fully saturated rings. The first-order valence-corrected chi connectivity index (χ1v) is 6.89. The van der Waals surface area contributed by atoms with Gasteiger partial charge in [0.15, 0.2) is 5.16 Å². The molecule has 2 N–H and O–H groups in total. The number of H-pyrrole nitrogens is 1. The van der Waals surface area contributed by atoms with Gasteiger partial charge in [0.05, 0.1) is 0 Å². The highest BCUT2D eigenvalue weighted by atomic mass is 32.2. The van der Waals surface area contributed by atoms with E-state index in [2.05, 4.69) is 42.7 Å². The van der Waals surface area contributed by atoms with Crippen LogP contribution < -0.4 is 16.4 Å². The van der Waals surface area contributed by atoms with Crippen LogP contribution in [0.15, 0.2) is 26.9 Å². The van der Waals surface area contributed by atoms with E-state index < -0.39 is 11.1 Å². The van der Waals surface area contributed by atoms with E-state index in [-0.39, 0.29) is 5.54 Å². The maximum atomic E-state index is 11.2. The van der Waals surface area contributed by atoms with E-state index in [1.807, 2.05) is 0 Å². The number of rotatable bonds is 5. The molecule has 0 saturated heterocycles. The minimum atomic E-state index is -0.765. The maximum Gasteiger partial charge on any atom is 0.339 e. The molecule has 106 valence electrons. The van der Waals surface area contributed by atoms with Crippen molar-refractivity contribution in [1.29, 1.82) is 0 Å². The van der Waals surface area contributed by atoms with Gasteiger partial charge in [-0.1, -0.05) is 23.9 Å². The fourth-order valence-electron chi connectivity index (χ4n) is 1.20. The largest absolute Gasteiger partial charge is 0.339 e. The molecule has 0 unspecified atom stereocenters. The molecule has 0 saturated carbocycles. The van der Waals surface area contributed by atoms with Gasteiger partial charge >= 0.3 is 11.1 Å². The Kier molecular flexibility index (Phi) is 5.13. The summed E-state index contributed by atoms with van der Waals surface area (Å²) in [4.78, 5) is 26.0. The molecule has 0 bridgehead atoms. The molecule has 1 aromatic heterocycles. The fraction of sp³-hybridized carbons (Fsp3) is 0.583. The predicted octanol–water partition coefficient (Wildman–Crippen LogP) is 0.505. The third-order valence-electron chi connectivity index (χ3n) is 2.22. The van der Waals surface area contributed by atoms with E-state index in [1.165, 1.54) is 16.4 Å². The second-order valence-electron chi connectivity index (χ2n) is 5.34. The van der Waals surface area contributed by atoms with Crippen LogP contribution in [0.4, 0.5) is 0 Å². The Labute approximate surface area is 116 Å². The zero-order valence-corrected chi connectivity index (χ0v) is 12.6. The summed E-state index contributed by atoms with van der Waals surface area (Å²) in [5, 5.41) is 6.21. The number of nitrogens with zero attached hydrogens (tertiary/aromatic N) is 2. The van der Waals surface area contributed by atoms with Gasteiger partial charge < -0.3 is 5.32 Å². The highest BCUT2D eigenvalue weighted by Crippen LogP contribution is 2.14. The molecule has 6 nitrogen and oxygen atoms in total. The van der Waals surface area contributed by atoms with E-state index in [0.717, 1.165) is 5.57 Å². The Morgan fingerprint density at radius 1 is 1.47 bits per heavy atom. The van der Waals surface area contributed by atoms with Crippen LogP contribution in [-0.2, 0) is 7.05 Å². The topological polar surface area (TPSA) is 79.8 Å². The molecule has 1 aromatic rings. The lowest BCUT2D eigenvalue weighted by atomic mass is 10.1. The van der Waals surface area contributed by atoms with Crippen LogP contribution in [0.2, 0.25) is 0 Å². The number of thioether (sulfide) groups is 1. The molecule has 1 heterocycles. The van der Waals surface area contributed by atoms with Crippen molar-refractivity contribution in [2.45, 2.75) is 31.5 Å². The molecule has 7 heteroatoms. The van der Waals surface area contributed by atoms with Crippen LogP contribution in [0.1, 0.15) is 20.8 Å². The molecule has 0 aromatic carbocycles. The van der Waals surface area contributed by atoms with E-state index >= 15 is 0 Å².